The monoisotopic (exact) mass is 222 g/mol. The lowest BCUT2D eigenvalue weighted by Gasteiger charge is -2.10. The molecule has 0 saturated heterocycles. The van der Waals surface area contributed by atoms with Gasteiger partial charge in [0.15, 0.2) is 0 Å². The molecule has 0 bridgehead atoms. The maximum absolute atomic E-state index is 12.4. The molecule has 1 aromatic heterocycles. The predicted octanol–water partition coefficient (Wildman–Crippen LogP) is 2.14. The molecule has 1 rings (SSSR count). The molecule has 0 aliphatic carbocycles. The lowest BCUT2D eigenvalue weighted by molar-refractivity contribution is 0.146. The van der Waals surface area contributed by atoms with Crippen molar-refractivity contribution in [2.75, 3.05) is 7.11 Å². The van der Waals surface area contributed by atoms with Crippen molar-refractivity contribution in [3.8, 4) is 5.75 Å². The van der Waals surface area contributed by atoms with Crippen molar-refractivity contribution in [1.29, 1.82) is 0 Å². The predicted molar refractivity (Wildman–Crippen MR) is 48.6 cm³/mol. The minimum absolute atomic E-state index is 0.0320. The molecule has 0 spiro atoms. The van der Waals surface area contributed by atoms with Gasteiger partial charge in [0, 0.05) is 12.1 Å². The van der Waals surface area contributed by atoms with Gasteiger partial charge in [-0.3, -0.25) is 0 Å². The number of nitrogens with zero attached hydrogens (tertiary/aromatic N) is 1. The van der Waals surface area contributed by atoms with E-state index in [4.69, 9.17) is 22.1 Å². The van der Waals surface area contributed by atoms with Crippen LogP contribution in [0.1, 0.15) is 17.7 Å². The van der Waals surface area contributed by atoms with Gasteiger partial charge in [-0.1, -0.05) is 11.6 Å². The molecular weight excluding hydrogens is 214 g/mol. The standard InChI is InChI=1S/C8H9ClF2N2O/c1-14-5-3-13-7(8(10)11)6(9)4(5)2-12/h3,8H,2,12H2,1H3. The summed E-state index contributed by atoms with van der Waals surface area (Å²) in [6.07, 6.45) is -1.52. The Morgan fingerprint density at radius 1 is 1.64 bits per heavy atom. The van der Waals surface area contributed by atoms with E-state index < -0.39 is 12.1 Å². The summed E-state index contributed by atoms with van der Waals surface area (Å²) in [4.78, 5) is 3.49. The van der Waals surface area contributed by atoms with Crippen LogP contribution in [0.3, 0.4) is 0 Å². The van der Waals surface area contributed by atoms with E-state index in [1.807, 2.05) is 0 Å². The first kappa shape index (κ1) is 11.1. The summed E-state index contributed by atoms with van der Waals surface area (Å²) in [7, 11) is 1.40. The van der Waals surface area contributed by atoms with E-state index in [2.05, 4.69) is 4.98 Å². The van der Waals surface area contributed by atoms with Crippen molar-refractivity contribution in [1.82, 2.24) is 4.98 Å². The zero-order chi connectivity index (χ0) is 10.7. The van der Waals surface area contributed by atoms with Gasteiger partial charge >= 0.3 is 0 Å². The van der Waals surface area contributed by atoms with Gasteiger partial charge in [-0.2, -0.15) is 0 Å². The molecule has 0 aliphatic rings. The number of hydrogen-bond acceptors (Lipinski definition) is 3. The Kier molecular flexibility index (Phi) is 3.60. The molecule has 6 heteroatoms. The molecule has 0 radical (unpaired) electrons. The lowest BCUT2D eigenvalue weighted by Crippen LogP contribution is -2.04. The lowest BCUT2D eigenvalue weighted by atomic mass is 10.2. The summed E-state index contributed by atoms with van der Waals surface area (Å²) in [6.45, 7) is 0.0320. The number of methoxy groups -OCH3 is 1. The number of rotatable bonds is 3. The van der Waals surface area contributed by atoms with Crippen LogP contribution in [0.2, 0.25) is 5.02 Å². The second-order valence-corrected chi connectivity index (χ2v) is 2.89. The Labute approximate surface area is 84.8 Å². The van der Waals surface area contributed by atoms with Crippen molar-refractivity contribution < 1.29 is 13.5 Å². The summed E-state index contributed by atoms with van der Waals surface area (Å²) in [5, 5.41) is -0.123. The first-order valence-corrected chi connectivity index (χ1v) is 4.19. The first-order chi connectivity index (χ1) is 6.61. The van der Waals surface area contributed by atoms with Gasteiger partial charge in [-0.25, -0.2) is 13.8 Å². The normalized spacial score (nSPS) is 10.7. The van der Waals surface area contributed by atoms with Crippen molar-refractivity contribution >= 4 is 11.6 Å². The highest BCUT2D eigenvalue weighted by molar-refractivity contribution is 6.32. The van der Waals surface area contributed by atoms with Crippen LogP contribution in [0.25, 0.3) is 0 Å². The molecule has 2 N–H and O–H groups in total. The van der Waals surface area contributed by atoms with E-state index in [0.29, 0.717) is 11.3 Å². The van der Waals surface area contributed by atoms with Gasteiger partial charge in [-0.05, 0) is 0 Å². The second kappa shape index (κ2) is 4.52. The summed E-state index contributed by atoms with van der Waals surface area (Å²) in [5.41, 5.74) is 5.24. The molecule has 0 unspecified atom stereocenters. The molecule has 0 amide bonds. The van der Waals surface area contributed by atoms with E-state index in [9.17, 15) is 8.78 Å². The highest BCUT2D eigenvalue weighted by atomic mass is 35.5. The fourth-order valence-electron chi connectivity index (χ4n) is 1.04. The Hall–Kier alpha value is -0.940. The van der Waals surface area contributed by atoms with Crippen LogP contribution in [0.4, 0.5) is 8.78 Å². The number of ether oxygens (including phenoxy) is 1. The Balaban J connectivity index is 3.27. The van der Waals surface area contributed by atoms with Gasteiger partial charge in [0.2, 0.25) is 0 Å². The number of alkyl halides is 2. The van der Waals surface area contributed by atoms with Gasteiger partial charge in [0.1, 0.15) is 11.4 Å². The van der Waals surface area contributed by atoms with E-state index in [-0.39, 0.29) is 11.6 Å². The van der Waals surface area contributed by atoms with Crippen molar-refractivity contribution in [3.63, 3.8) is 0 Å². The maximum Gasteiger partial charge on any atom is 0.281 e. The number of aromatic nitrogens is 1. The third-order valence-electron chi connectivity index (χ3n) is 1.74. The van der Waals surface area contributed by atoms with Gasteiger partial charge in [0.25, 0.3) is 6.43 Å². The van der Waals surface area contributed by atoms with Gasteiger partial charge < -0.3 is 10.5 Å². The van der Waals surface area contributed by atoms with Crippen LogP contribution >= 0.6 is 11.6 Å². The molecule has 1 aromatic rings. The summed E-state index contributed by atoms with van der Waals surface area (Å²) >= 11 is 5.69. The maximum atomic E-state index is 12.4. The van der Waals surface area contributed by atoms with E-state index >= 15 is 0 Å². The average Bonchev–Trinajstić information content (AvgIpc) is 2.16. The smallest absolute Gasteiger partial charge is 0.281 e. The third-order valence-corrected chi connectivity index (χ3v) is 2.16. The molecule has 0 atom stereocenters. The molecule has 3 nitrogen and oxygen atoms in total. The largest absolute Gasteiger partial charge is 0.495 e. The van der Waals surface area contributed by atoms with Crippen LogP contribution in [-0.4, -0.2) is 12.1 Å². The fraction of sp³-hybridized carbons (Fsp3) is 0.375. The van der Waals surface area contributed by atoms with Crippen LogP contribution in [0, 0.1) is 0 Å². The van der Waals surface area contributed by atoms with Gasteiger partial charge in [-0.15, -0.1) is 0 Å². The molecule has 14 heavy (non-hydrogen) atoms. The highest BCUT2D eigenvalue weighted by Crippen LogP contribution is 2.32. The molecule has 1 heterocycles. The van der Waals surface area contributed by atoms with Gasteiger partial charge in [0.05, 0.1) is 18.3 Å². The van der Waals surface area contributed by atoms with Crippen molar-refractivity contribution in [3.05, 3.63) is 22.5 Å². The molecule has 78 valence electrons. The van der Waals surface area contributed by atoms with E-state index in [0.717, 1.165) is 0 Å². The summed E-state index contributed by atoms with van der Waals surface area (Å²) in [5.74, 6) is 0.321. The van der Waals surface area contributed by atoms with Crippen LogP contribution in [0.5, 0.6) is 5.75 Å². The van der Waals surface area contributed by atoms with Crippen molar-refractivity contribution in [2.24, 2.45) is 5.73 Å². The summed E-state index contributed by atoms with van der Waals surface area (Å²) in [6, 6.07) is 0. The van der Waals surface area contributed by atoms with Crippen LogP contribution in [0.15, 0.2) is 6.20 Å². The topological polar surface area (TPSA) is 48.1 Å². The SMILES string of the molecule is COc1cnc(C(F)F)c(Cl)c1CN. The molecular formula is C8H9ClF2N2O. The quantitative estimate of drug-likeness (QED) is 0.853. The Bertz CT molecular complexity index is 333. The Morgan fingerprint density at radius 3 is 2.71 bits per heavy atom. The number of hydrogen-bond donors (Lipinski definition) is 1. The molecule has 0 fully saturated rings. The average molecular weight is 223 g/mol. The fourth-order valence-corrected chi connectivity index (χ4v) is 1.35. The van der Waals surface area contributed by atoms with Crippen LogP contribution < -0.4 is 10.5 Å². The molecule has 0 saturated carbocycles. The Morgan fingerprint density at radius 2 is 2.29 bits per heavy atom. The zero-order valence-corrected chi connectivity index (χ0v) is 8.18. The minimum atomic E-state index is -2.71. The van der Waals surface area contributed by atoms with Crippen LogP contribution in [-0.2, 0) is 6.54 Å². The minimum Gasteiger partial charge on any atom is -0.495 e. The van der Waals surface area contributed by atoms with E-state index in [1.54, 1.807) is 0 Å². The number of pyridine rings is 1. The second-order valence-electron chi connectivity index (χ2n) is 2.51. The summed E-state index contributed by atoms with van der Waals surface area (Å²) < 4.78 is 29.6. The zero-order valence-electron chi connectivity index (χ0n) is 7.43. The number of nitrogens with two attached hydrogens (primary N) is 1. The third kappa shape index (κ3) is 1.93. The molecule has 0 aromatic carbocycles. The van der Waals surface area contributed by atoms with E-state index in [1.165, 1.54) is 13.3 Å². The number of halogens is 3. The first-order valence-electron chi connectivity index (χ1n) is 3.81. The molecule has 0 aliphatic heterocycles. The highest BCUT2D eigenvalue weighted by Gasteiger charge is 2.18. The van der Waals surface area contributed by atoms with Crippen molar-refractivity contribution in [2.45, 2.75) is 13.0 Å².